The minimum Gasteiger partial charge on any atom is -0.505 e. The SMILES string of the molecule is CC(=CCCCc1ccc2nn(-c3cc4c(cc3O)OCO4)nc2c1)C(=O)O. The number of aromatic hydroxyl groups is 1. The first-order valence-corrected chi connectivity index (χ1v) is 8.90. The summed E-state index contributed by atoms with van der Waals surface area (Å²) in [6.07, 6.45) is 4.09. The maximum absolute atomic E-state index is 10.8. The summed E-state index contributed by atoms with van der Waals surface area (Å²) in [6, 6.07) is 8.96. The molecule has 4 rings (SSSR count). The molecule has 0 saturated carbocycles. The van der Waals surface area contributed by atoms with Gasteiger partial charge in [-0.2, -0.15) is 0 Å². The summed E-state index contributed by atoms with van der Waals surface area (Å²) >= 11 is 0. The van der Waals surface area contributed by atoms with Crippen LogP contribution in [-0.4, -0.2) is 38.0 Å². The largest absolute Gasteiger partial charge is 0.505 e. The number of carboxylic acid groups (broad SMARTS) is 1. The third-order valence-electron chi connectivity index (χ3n) is 4.59. The first-order chi connectivity index (χ1) is 13.5. The van der Waals surface area contributed by atoms with Crippen LogP contribution in [0.4, 0.5) is 0 Å². The molecule has 0 unspecified atom stereocenters. The maximum atomic E-state index is 10.8. The molecule has 2 heterocycles. The van der Waals surface area contributed by atoms with Crippen molar-refractivity contribution in [1.82, 2.24) is 15.0 Å². The van der Waals surface area contributed by atoms with Crippen LogP contribution >= 0.6 is 0 Å². The highest BCUT2D eigenvalue weighted by atomic mass is 16.7. The van der Waals surface area contributed by atoms with Crippen LogP contribution in [0.2, 0.25) is 0 Å². The summed E-state index contributed by atoms with van der Waals surface area (Å²) in [7, 11) is 0. The standard InChI is InChI=1S/C20H19N3O5/c1-12(20(25)26)4-2-3-5-13-6-7-14-15(8-13)22-23(21-14)16-9-18-19(10-17(16)24)28-11-27-18/h4,6-10,24H,2-3,5,11H2,1H3,(H,25,26). The number of aliphatic carboxylic acids is 1. The molecule has 0 spiro atoms. The number of aromatic nitrogens is 3. The molecule has 0 radical (unpaired) electrons. The highest BCUT2D eigenvalue weighted by Crippen LogP contribution is 2.39. The average Bonchev–Trinajstić information content (AvgIpc) is 3.29. The average molecular weight is 381 g/mol. The third kappa shape index (κ3) is 3.48. The van der Waals surface area contributed by atoms with E-state index >= 15 is 0 Å². The van der Waals surface area contributed by atoms with E-state index < -0.39 is 5.97 Å². The van der Waals surface area contributed by atoms with Gasteiger partial charge in [0, 0.05) is 17.7 Å². The number of unbranched alkanes of at least 4 members (excludes halogenated alkanes) is 1. The predicted molar refractivity (Wildman–Crippen MR) is 101 cm³/mol. The summed E-state index contributed by atoms with van der Waals surface area (Å²) in [5.74, 6) is 0.155. The van der Waals surface area contributed by atoms with Gasteiger partial charge in [-0.15, -0.1) is 15.0 Å². The van der Waals surface area contributed by atoms with Crippen molar-refractivity contribution in [3.63, 3.8) is 0 Å². The number of phenolic OH excluding ortho intramolecular Hbond substituents is 1. The van der Waals surface area contributed by atoms with Crippen molar-refractivity contribution < 1.29 is 24.5 Å². The molecule has 0 bridgehead atoms. The van der Waals surface area contributed by atoms with E-state index in [0.717, 1.165) is 18.4 Å². The van der Waals surface area contributed by atoms with Crippen molar-refractivity contribution in [2.45, 2.75) is 26.2 Å². The number of fused-ring (bicyclic) bond motifs is 2. The minimum absolute atomic E-state index is 0.00497. The number of benzene rings is 2. The van der Waals surface area contributed by atoms with Gasteiger partial charge in [0.1, 0.15) is 22.5 Å². The molecule has 1 aliphatic rings. The van der Waals surface area contributed by atoms with E-state index in [-0.39, 0.29) is 12.5 Å². The zero-order chi connectivity index (χ0) is 19.7. The van der Waals surface area contributed by atoms with Crippen molar-refractivity contribution in [1.29, 1.82) is 0 Å². The zero-order valence-corrected chi connectivity index (χ0v) is 15.3. The van der Waals surface area contributed by atoms with Crippen molar-refractivity contribution >= 4 is 17.0 Å². The molecular formula is C20H19N3O5. The van der Waals surface area contributed by atoms with Gasteiger partial charge in [-0.25, -0.2) is 4.79 Å². The molecule has 1 aliphatic heterocycles. The van der Waals surface area contributed by atoms with E-state index in [2.05, 4.69) is 10.2 Å². The molecule has 144 valence electrons. The minimum atomic E-state index is -0.884. The van der Waals surface area contributed by atoms with Gasteiger partial charge in [0.2, 0.25) is 6.79 Å². The number of rotatable bonds is 6. The Kier molecular flexibility index (Phi) is 4.60. The second-order valence-electron chi connectivity index (χ2n) is 6.59. The fraction of sp³-hybridized carbons (Fsp3) is 0.250. The van der Waals surface area contributed by atoms with Crippen molar-refractivity contribution in [2.75, 3.05) is 6.79 Å². The predicted octanol–water partition coefficient (Wildman–Crippen LogP) is 3.21. The lowest BCUT2D eigenvalue weighted by atomic mass is 10.1. The number of hydrogen-bond donors (Lipinski definition) is 2. The number of phenols is 1. The molecule has 2 N–H and O–H groups in total. The molecule has 0 fully saturated rings. The maximum Gasteiger partial charge on any atom is 0.330 e. The van der Waals surface area contributed by atoms with Gasteiger partial charge in [0.15, 0.2) is 11.5 Å². The Morgan fingerprint density at radius 1 is 1.18 bits per heavy atom. The molecule has 1 aromatic heterocycles. The number of allylic oxidation sites excluding steroid dienone is 1. The fourth-order valence-corrected chi connectivity index (χ4v) is 3.02. The zero-order valence-electron chi connectivity index (χ0n) is 15.3. The molecule has 0 aliphatic carbocycles. The number of hydrogen-bond acceptors (Lipinski definition) is 6. The second kappa shape index (κ2) is 7.22. The van der Waals surface area contributed by atoms with Gasteiger partial charge >= 0.3 is 5.97 Å². The second-order valence-corrected chi connectivity index (χ2v) is 6.59. The summed E-state index contributed by atoms with van der Waals surface area (Å²) in [5.41, 5.74) is 3.29. The normalized spacial score (nSPS) is 13.2. The van der Waals surface area contributed by atoms with Crippen LogP contribution in [-0.2, 0) is 11.2 Å². The van der Waals surface area contributed by atoms with Crippen LogP contribution in [0.25, 0.3) is 16.7 Å². The molecule has 0 atom stereocenters. The van der Waals surface area contributed by atoms with Crippen LogP contribution in [0.3, 0.4) is 0 Å². The van der Waals surface area contributed by atoms with Gasteiger partial charge in [0.25, 0.3) is 0 Å². The van der Waals surface area contributed by atoms with E-state index in [1.165, 1.54) is 10.9 Å². The van der Waals surface area contributed by atoms with Gasteiger partial charge in [-0.05, 0) is 43.9 Å². The lowest BCUT2D eigenvalue weighted by Crippen LogP contribution is -1.99. The molecular weight excluding hydrogens is 362 g/mol. The topological polar surface area (TPSA) is 107 Å². The van der Waals surface area contributed by atoms with E-state index in [0.29, 0.717) is 40.2 Å². The van der Waals surface area contributed by atoms with Gasteiger partial charge in [-0.1, -0.05) is 12.1 Å². The van der Waals surface area contributed by atoms with E-state index in [9.17, 15) is 9.90 Å². The van der Waals surface area contributed by atoms with E-state index in [1.807, 2.05) is 18.2 Å². The van der Waals surface area contributed by atoms with Crippen LogP contribution in [0, 0.1) is 0 Å². The molecule has 0 amide bonds. The van der Waals surface area contributed by atoms with Crippen LogP contribution in [0.1, 0.15) is 25.3 Å². The molecule has 3 aromatic rings. The van der Waals surface area contributed by atoms with Crippen molar-refractivity contribution in [3.8, 4) is 22.9 Å². The molecule has 2 aromatic carbocycles. The molecule has 8 heteroatoms. The van der Waals surface area contributed by atoms with E-state index in [4.69, 9.17) is 14.6 Å². The number of carboxylic acids is 1. The summed E-state index contributed by atoms with van der Waals surface area (Å²) in [5, 5.41) is 28.0. The van der Waals surface area contributed by atoms with Crippen molar-refractivity contribution in [3.05, 3.63) is 47.5 Å². The summed E-state index contributed by atoms with van der Waals surface area (Å²) < 4.78 is 10.6. The number of aryl methyl sites for hydroxylation is 1. The Bertz CT molecular complexity index is 1090. The van der Waals surface area contributed by atoms with Crippen LogP contribution in [0.5, 0.6) is 17.2 Å². The Labute approximate surface area is 160 Å². The molecule has 0 saturated heterocycles. The lowest BCUT2D eigenvalue weighted by Gasteiger charge is -2.04. The van der Waals surface area contributed by atoms with Gasteiger partial charge in [-0.3, -0.25) is 0 Å². The lowest BCUT2D eigenvalue weighted by molar-refractivity contribution is -0.132. The van der Waals surface area contributed by atoms with Crippen LogP contribution in [0.15, 0.2) is 42.0 Å². The number of nitrogens with zero attached hydrogens (tertiary/aromatic N) is 3. The highest BCUT2D eigenvalue weighted by Gasteiger charge is 2.19. The summed E-state index contributed by atoms with van der Waals surface area (Å²) in [4.78, 5) is 12.2. The Morgan fingerprint density at radius 3 is 2.71 bits per heavy atom. The molecule has 28 heavy (non-hydrogen) atoms. The fourth-order valence-electron chi connectivity index (χ4n) is 3.02. The Hall–Kier alpha value is -3.55. The third-order valence-corrected chi connectivity index (χ3v) is 4.59. The number of carbonyl (C=O) groups is 1. The van der Waals surface area contributed by atoms with Gasteiger partial charge in [0.05, 0.1) is 0 Å². The van der Waals surface area contributed by atoms with E-state index in [1.54, 1.807) is 19.1 Å². The monoisotopic (exact) mass is 381 g/mol. The first-order valence-electron chi connectivity index (χ1n) is 8.90. The molecule has 8 nitrogen and oxygen atoms in total. The Morgan fingerprint density at radius 2 is 1.93 bits per heavy atom. The van der Waals surface area contributed by atoms with Crippen molar-refractivity contribution in [2.24, 2.45) is 0 Å². The Balaban J connectivity index is 1.53. The van der Waals surface area contributed by atoms with Crippen LogP contribution < -0.4 is 9.47 Å². The highest BCUT2D eigenvalue weighted by molar-refractivity contribution is 5.85. The first kappa shape index (κ1) is 17.8. The number of ether oxygens (including phenoxy) is 2. The van der Waals surface area contributed by atoms with Gasteiger partial charge < -0.3 is 19.7 Å². The summed E-state index contributed by atoms with van der Waals surface area (Å²) in [6.45, 7) is 1.72. The quantitative estimate of drug-likeness (QED) is 0.499. The smallest absolute Gasteiger partial charge is 0.330 e.